The summed E-state index contributed by atoms with van der Waals surface area (Å²) in [6.45, 7) is 5.62. The van der Waals surface area contributed by atoms with Gasteiger partial charge < -0.3 is 0 Å². The molecule has 0 aliphatic carbocycles. The van der Waals surface area contributed by atoms with Crippen molar-refractivity contribution in [2.45, 2.75) is 37.6 Å². The topological polar surface area (TPSA) is 37.4 Å². The van der Waals surface area contributed by atoms with Crippen LogP contribution in [0.3, 0.4) is 0 Å². The predicted octanol–water partition coefficient (Wildman–Crippen LogP) is 3.40. The fourth-order valence-corrected chi connectivity index (χ4v) is 3.96. The minimum atomic E-state index is -3.64. The zero-order valence-electron chi connectivity index (χ0n) is 10.9. The first-order valence-corrected chi connectivity index (χ1v) is 7.80. The van der Waals surface area contributed by atoms with Gasteiger partial charge in [-0.2, -0.15) is 4.31 Å². The van der Waals surface area contributed by atoms with Crippen LogP contribution in [0.5, 0.6) is 0 Å². The molecule has 0 aliphatic rings. The molecular weight excluding hydrogens is 321 g/mol. The molecule has 0 aliphatic heterocycles. The van der Waals surface area contributed by atoms with Gasteiger partial charge in [0.2, 0.25) is 10.0 Å². The van der Waals surface area contributed by atoms with Crippen LogP contribution < -0.4 is 0 Å². The molecule has 0 spiro atoms. The van der Waals surface area contributed by atoms with Gasteiger partial charge in [-0.05, 0) is 54.4 Å². The van der Waals surface area contributed by atoms with E-state index in [0.29, 0.717) is 6.42 Å². The number of benzene rings is 1. The van der Waals surface area contributed by atoms with Crippen molar-refractivity contribution in [1.29, 1.82) is 0 Å². The standard InChI is InChI=1S/C12H17BrFNO2S/c1-5-12(2,3)15(4)18(16,17)11-7-6-9(14)8-10(11)13/h6-8H,5H2,1-4H3. The molecule has 1 aromatic rings. The van der Waals surface area contributed by atoms with Crippen molar-refractivity contribution in [3.8, 4) is 0 Å². The highest BCUT2D eigenvalue weighted by atomic mass is 79.9. The van der Waals surface area contributed by atoms with Crippen molar-refractivity contribution >= 4 is 26.0 Å². The van der Waals surface area contributed by atoms with Crippen molar-refractivity contribution in [2.24, 2.45) is 0 Å². The van der Waals surface area contributed by atoms with E-state index in [4.69, 9.17) is 0 Å². The van der Waals surface area contributed by atoms with E-state index >= 15 is 0 Å². The summed E-state index contributed by atoms with van der Waals surface area (Å²) in [5.74, 6) is -0.474. The maximum Gasteiger partial charge on any atom is 0.244 e. The Morgan fingerprint density at radius 1 is 1.39 bits per heavy atom. The van der Waals surface area contributed by atoms with Gasteiger partial charge in [-0.25, -0.2) is 12.8 Å². The molecule has 0 fully saturated rings. The summed E-state index contributed by atoms with van der Waals surface area (Å²) in [7, 11) is -2.10. The van der Waals surface area contributed by atoms with Crippen molar-refractivity contribution in [1.82, 2.24) is 4.31 Å². The van der Waals surface area contributed by atoms with Crippen molar-refractivity contribution < 1.29 is 12.8 Å². The number of rotatable bonds is 4. The highest BCUT2D eigenvalue weighted by Crippen LogP contribution is 2.30. The van der Waals surface area contributed by atoms with Crippen LogP contribution >= 0.6 is 15.9 Å². The molecule has 0 aromatic heterocycles. The normalized spacial score (nSPS) is 13.1. The van der Waals surface area contributed by atoms with E-state index in [0.717, 1.165) is 12.1 Å². The molecule has 6 heteroatoms. The summed E-state index contributed by atoms with van der Waals surface area (Å²) in [5.41, 5.74) is -0.493. The zero-order valence-corrected chi connectivity index (χ0v) is 13.3. The van der Waals surface area contributed by atoms with Gasteiger partial charge >= 0.3 is 0 Å². The van der Waals surface area contributed by atoms with E-state index in [1.807, 2.05) is 20.8 Å². The Labute approximate surface area is 116 Å². The SMILES string of the molecule is CCC(C)(C)N(C)S(=O)(=O)c1ccc(F)cc1Br. The average Bonchev–Trinajstić information content (AvgIpc) is 2.27. The van der Waals surface area contributed by atoms with Crippen molar-refractivity contribution in [2.75, 3.05) is 7.05 Å². The van der Waals surface area contributed by atoms with Crippen LogP contribution in [-0.2, 0) is 10.0 Å². The van der Waals surface area contributed by atoms with E-state index in [2.05, 4.69) is 15.9 Å². The van der Waals surface area contributed by atoms with Crippen molar-refractivity contribution in [3.63, 3.8) is 0 Å². The van der Waals surface area contributed by atoms with E-state index in [1.165, 1.54) is 17.4 Å². The Morgan fingerprint density at radius 3 is 2.39 bits per heavy atom. The Hall–Kier alpha value is -0.460. The van der Waals surface area contributed by atoms with E-state index < -0.39 is 21.4 Å². The molecule has 0 saturated carbocycles. The second-order valence-electron chi connectivity index (χ2n) is 4.71. The van der Waals surface area contributed by atoms with Crippen LogP contribution in [-0.4, -0.2) is 25.3 Å². The van der Waals surface area contributed by atoms with Gasteiger partial charge in [0, 0.05) is 17.1 Å². The molecule has 0 radical (unpaired) electrons. The summed E-state index contributed by atoms with van der Waals surface area (Å²) < 4.78 is 39.4. The van der Waals surface area contributed by atoms with E-state index in [1.54, 1.807) is 0 Å². The summed E-state index contributed by atoms with van der Waals surface area (Å²) in [6, 6.07) is 3.57. The lowest BCUT2D eigenvalue weighted by atomic mass is 10.0. The number of halogens is 2. The van der Waals surface area contributed by atoms with Gasteiger partial charge in [0.15, 0.2) is 0 Å². The van der Waals surface area contributed by atoms with Gasteiger partial charge in [0.1, 0.15) is 5.82 Å². The second-order valence-corrected chi connectivity index (χ2v) is 7.51. The highest BCUT2D eigenvalue weighted by Gasteiger charge is 2.33. The predicted molar refractivity (Wildman–Crippen MR) is 73.4 cm³/mol. The Balaban J connectivity index is 3.30. The summed E-state index contributed by atoms with van der Waals surface area (Å²) in [4.78, 5) is 0.0768. The number of nitrogens with zero attached hydrogens (tertiary/aromatic N) is 1. The molecular formula is C12H17BrFNO2S. The lowest BCUT2D eigenvalue weighted by molar-refractivity contribution is 0.257. The van der Waals surface area contributed by atoms with Crippen LogP contribution in [0.1, 0.15) is 27.2 Å². The van der Waals surface area contributed by atoms with Crippen LogP contribution in [0, 0.1) is 5.82 Å². The zero-order chi connectivity index (χ0) is 14.1. The van der Waals surface area contributed by atoms with Gasteiger partial charge in [-0.15, -0.1) is 0 Å². The fourth-order valence-electron chi connectivity index (χ4n) is 1.38. The average molecular weight is 338 g/mol. The molecule has 3 nitrogen and oxygen atoms in total. The Kier molecular flexibility index (Phi) is 4.56. The molecule has 1 aromatic carbocycles. The van der Waals surface area contributed by atoms with Gasteiger partial charge in [-0.1, -0.05) is 6.92 Å². The quantitative estimate of drug-likeness (QED) is 0.844. The third-order valence-corrected chi connectivity index (χ3v) is 6.30. The molecule has 0 unspecified atom stereocenters. The summed E-state index contributed by atoms with van der Waals surface area (Å²) >= 11 is 3.09. The van der Waals surface area contributed by atoms with Crippen LogP contribution in [0.2, 0.25) is 0 Å². The number of hydrogen-bond acceptors (Lipinski definition) is 2. The first-order valence-electron chi connectivity index (χ1n) is 5.57. The maximum absolute atomic E-state index is 13.0. The Morgan fingerprint density at radius 2 is 1.94 bits per heavy atom. The van der Waals surface area contributed by atoms with Crippen LogP contribution in [0.25, 0.3) is 0 Å². The van der Waals surface area contributed by atoms with E-state index in [9.17, 15) is 12.8 Å². The lowest BCUT2D eigenvalue weighted by Crippen LogP contribution is -2.44. The van der Waals surface area contributed by atoms with Gasteiger partial charge in [-0.3, -0.25) is 0 Å². The molecule has 0 atom stereocenters. The summed E-state index contributed by atoms with van der Waals surface area (Å²) in [6.07, 6.45) is 0.682. The largest absolute Gasteiger partial charge is 0.244 e. The van der Waals surface area contributed by atoms with Crippen LogP contribution in [0.15, 0.2) is 27.6 Å². The maximum atomic E-state index is 13.0. The van der Waals surface area contributed by atoms with Crippen molar-refractivity contribution in [3.05, 3.63) is 28.5 Å². The van der Waals surface area contributed by atoms with E-state index in [-0.39, 0.29) is 9.37 Å². The van der Waals surface area contributed by atoms with Gasteiger partial charge in [0.25, 0.3) is 0 Å². The lowest BCUT2D eigenvalue weighted by Gasteiger charge is -2.33. The smallest absolute Gasteiger partial charge is 0.207 e. The number of sulfonamides is 1. The fraction of sp³-hybridized carbons (Fsp3) is 0.500. The summed E-state index contributed by atoms with van der Waals surface area (Å²) in [5, 5.41) is 0. The minimum Gasteiger partial charge on any atom is -0.207 e. The monoisotopic (exact) mass is 337 g/mol. The highest BCUT2D eigenvalue weighted by molar-refractivity contribution is 9.10. The molecule has 0 heterocycles. The molecule has 0 N–H and O–H groups in total. The molecule has 0 bridgehead atoms. The Bertz CT molecular complexity index is 543. The van der Waals surface area contributed by atoms with Gasteiger partial charge in [0.05, 0.1) is 4.90 Å². The first-order chi connectivity index (χ1) is 8.13. The minimum absolute atomic E-state index is 0.0768. The molecule has 18 heavy (non-hydrogen) atoms. The molecule has 1 rings (SSSR count). The van der Waals surface area contributed by atoms with Crippen LogP contribution in [0.4, 0.5) is 4.39 Å². The molecule has 102 valence electrons. The molecule has 0 saturated heterocycles. The second kappa shape index (κ2) is 5.27. The first kappa shape index (κ1) is 15.6. The number of hydrogen-bond donors (Lipinski definition) is 0. The molecule has 0 amide bonds. The third-order valence-electron chi connectivity index (χ3n) is 3.25. The third kappa shape index (κ3) is 2.92.